The Balaban J connectivity index is 1.46. The Bertz CT molecular complexity index is 766. The first kappa shape index (κ1) is 20.3. The summed E-state index contributed by atoms with van der Waals surface area (Å²) in [5.74, 6) is 1.58. The number of carbonyl (C=O) groups is 2. The molecular weight excluding hydrogens is 372 g/mol. The molecule has 0 aromatic carbocycles. The summed E-state index contributed by atoms with van der Waals surface area (Å²) in [6.45, 7) is 6.57. The molecule has 1 aliphatic rings. The van der Waals surface area contributed by atoms with Crippen LogP contribution < -0.4 is 15.5 Å². The van der Waals surface area contributed by atoms with Crippen LogP contribution in [0.3, 0.4) is 0 Å². The molecule has 2 amide bonds. The lowest BCUT2D eigenvalue weighted by molar-refractivity contribution is -0.125. The van der Waals surface area contributed by atoms with Crippen LogP contribution in [0.25, 0.3) is 0 Å². The van der Waals surface area contributed by atoms with Crippen molar-refractivity contribution in [3.05, 3.63) is 40.7 Å². The SMILES string of the molecule is CC(C)CNC(=O)C1CCN(c2ccc(NC(=O)Cc3cccs3)cn2)CC1. The van der Waals surface area contributed by atoms with Gasteiger partial charge in [0.1, 0.15) is 5.82 Å². The molecule has 2 aromatic heterocycles. The largest absolute Gasteiger partial charge is 0.357 e. The maximum atomic E-state index is 12.2. The molecule has 7 heteroatoms. The van der Waals surface area contributed by atoms with Gasteiger partial charge in [-0.25, -0.2) is 4.98 Å². The van der Waals surface area contributed by atoms with Crippen LogP contribution >= 0.6 is 11.3 Å². The van der Waals surface area contributed by atoms with E-state index in [1.54, 1.807) is 17.5 Å². The van der Waals surface area contributed by atoms with Gasteiger partial charge in [-0.15, -0.1) is 11.3 Å². The zero-order chi connectivity index (χ0) is 19.9. The zero-order valence-corrected chi connectivity index (χ0v) is 17.3. The molecule has 1 fully saturated rings. The Hall–Kier alpha value is -2.41. The normalized spacial score (nSPS) is 14.9. The predicted molar refractivity (Wildman–Crippen MR) is 114 cm³/mol. The van der Waals surface area contributed by atoms with Crippen LogP contribution in [0, 0.1) is 11.8 Å². The Kier molecular flexibility index (Phi) is 7.03. The summed E-state index contributed by atoms with van der Waals surface area (Å²) < 4.78 is 0. The van der Waals surface area contributed by atoms with Gasteiger partial charge in [0.05, 0.1) is 18.3 Å². The molecule has 6 nitrogen and oxygen atoms in total. The minimum Gasteiger partial charge on any atom is -0.357 e. The van der Waals surface area contributed by atoms with Gasteiger partial charge in [0.2, 0.25) is 11.8 Å². The molecule has 3 rings (SSSR count). The second-order valence-electron chi connectivity index (χ2n) is 7.61. The van der Waals surface area contributed by atoms with Crippen LogP contribution in [0.4, 0.5) is 11.5 Å². The maximum Gasteiger partial charge on any atom is 0.229 e. The molecule has 0 unspecified atom stereocenters. The molecule has 0 aliphatic carbocycles. The lowest BCUT2D eigenvalue weighted by atomic mass is 9.95. The van der Waals surface area contributed by atoms with E-state index in [0.29, 0.717) is 18.0 Å². The van der Waals surface area contributed by atoms with Gasteiger partial charge < -0.3 is 15.5 Å². The third kappa shape index (κ3) is 5.79. The van der Waals surface area contributed by atoms with Crippen molar-refractivity contribution < 1.29 is 9.59 Å². The van der Waals surface area contributed by atoms with E-state index in [-0.39, 0.29) is 17.7 Å². The minimum absolute atomic E-state index is 0.0368. The molecule has 0 atom stereocenters. The van der Waals surface area contributed by atoms with Crippen molar-refractivity contribution >= 4 is 34.7 Å². The van der Waals surface area contributed by atoms with Gasteiger partial charge in [0.25, 0.3) is 0 Å². The van der Waals surface area contributed by atoms with E-state index >= 15 is 0 Å². The zero-order valence-electron chi connectivity index (χ0n) is 16.5. The number of hydrogen-bond donors (Lipinski definition) is 2. The summed E-state index contributed by atoms with van der Waals surface area (Å²) in [5.41, 5.74) is 0.702. The van der Waals surface area contributed by atoms with Crippen LogP contribution in [0.15, 0.2) is 35.8 Å². The molecule has 0 saturated carbocycles. The fourth-order valence-corrected chi connectivity index (χ4v) is 3.95. The van der Waals surface area contributed by atoms with E-state index in [1.807, 2.05) is 29.6 Å². The summed E-state index contributed by atoms with van der Waals surface area (Å²) in [7, 11) is 0. The van der Waals surface area contributed by atoms with E-state index in [9.17, 15) is 9.59 Å². The summed E-state index contributed by atoms with van der Waals surface area (Å²) in [6.07, 6.45) is 3.75. The summed E-state index contributed by atoms with van der Waals surface area (Å²) in [4.78, 5) is 32.0. The van der Waals surface area contributed by atoms with Gasteiger partial charge in [-0.3, -0.25) is 9.59 Å². The average Bonchev–Trinajstić information content (AvgIpc) is 3.19. The number of nitrogens with zero attached hydrogens (tertiary/aromatic N) is 2. The minimum atomic E-state index is -0.0368. The summed E-state index contributed by atoms with van der Waals surface area (Å²) >= 11 is 1.58. The van der Waals surface area contributed by atoms with Gasteiger partial charge in [0.15, 0.2) is 0 Å². The Morgan fingerprint density at radius 3 is 2.64 bits per heavy atom. The van der Waals surface area contributed by atoms with E-state index in [1.165, 1.54) is 0 Å². The summed E-state index contributed by atoms with van der Waals surface area (Å²) in [5, 5.41) is 7.89. The standard InChI is InChI=1S/C21H28N4O2S/c1-15(2)13-23-21(27)16-7-9-25(10-8-16)19-6-5-17(14-22-19)24-20(26)12-18-4-3-11-28-18/h3-6,11,14-16H,7-10,12-13H2,1-2H3,(H,23,27)(H,24,26). The van der Waals surface area contributed by atoms with Crippen molar-refractivity contribution in [2.24, 2.45) is 11.8 Å². The number of hydrogen-bond acceptors (Lipinski definition) is 5. The molecule has 3 heterocycles. The molecule has 150 valence electrons. The number of aromatic nitrogens is 1. The van der Waals surface area contributed by atoms with Gasteiger partial charge >= 0.3 is 0 Å². The molecule has 0 bridgehead atoms. The Morgan fingerprint density at radius 1 is 1.25 bits per heavy atom. The van der Waals surface area contributed by atoms with Gasteiger partial charge in [-0.05, 0) is 42.3 Å². The highest BCUT2D eigenvalue weighted by Gasteiger charge is 2.25. The van der Waals surface area contributed by atoms with Crippen LogP contribution in [-0.4, -0.2) is 36.4 Å². The predicted octanol–water partition coefficient (Wildman–Crippen LogP) is 3.31. The molecule has 0 radical (unpaired) electrons. The highest BCUT2D eigenvalue weighted by Crippen LogP contribution is 2.23. The number of carbonyl (C=O) groups excluding carboxylic acids is 2. The molecule has 2 N–H and O–H groups in total. The van der Waals surface area contributed by atoms with E-state index < -0.39 is 0 Å². The Morgan fingerprint density at radius 2 is 2.04 bits per heavy atom. The van der Waals surface area contributed by atoms with Crippen molar-refractivity contribution in [1.82, 2.24) is 10.3 Å². The third-order valence-electron chi connectivity index (χ3n) is 4.82. The molecule has 2 aromatic rings. The molecule has 0 spiro atoms. The monoisotopic (exact) mass is 400 g/mol. The van der Waals surface area contributed by atoms with Crippen molar-refractivity contribution in [1.29, 1.82) is 0 Å². The first-order chi connectivity index (χ1) is 13.5. The molecule has 28 heavy (non-hydrogen) atoms. The van der Waals surface area contributed by atoms with E-state index in [2.05, 4.69) is 34.4 Å². The molecule has 1 saturated heterocycles. The second-order valence-corrected chi connectivity index (χ2v) is 8.64. The first-order valence-electron chi connectivity index (χ1n) is 9.82. The van der Waals surface area contributed by atoms with Crippen LogP contribution in [0.2, 0.25) is 0 Å². The fraction of sp³-hybridized carbons (Fsp3) is 0.476. The number of thiophene rings is 1. The topological polar surface area (TPSA) is 74.3 Å². The van der Waals surface area contributed by atoms with Crippen LogP contribution in [-0.2, 0) is 16.0 Å². The van der Waals surface area contributed by atoms with Gasteiger partial charge in [-0.1, -0.05) is 19.9 Å². The van der Waals surface area contributed by atoms with Crippen molar-refractivity contribution in [2.75, 3.05) is 29.9 Å². The Labute approximate surface area is 170 Å². The lowest BCUT2D eigenvalue weighted by Crippen LogP contribution is -2.41. The average molecular weight is 401 g/mol. The van der Waals surface area contributed by atoms with E-state index in [4.69, 9.17) is 0 Å². The quantitative estimate of drug-likeness (QED) is 0.748. The maximum absolute atomic E-state index is 12.2. The highest BCUT2D eigenvalue weighted by molar-refractivity contribution is 7.10. The number of nitrogens with one attached hydrogen (secondary N) is 2. The smallest absolute Gasteiger partial charge is 0.229 e. The van der Waals surface area contributed by atoms with Crippen molar-refractivity contribution in [3.63, 3.8) is 0 Å². The van der Waals surface area contributed by atoms with Crippen molar-refractivity contribution in [2.45, 2.75) is 33.1 Å². The fourth-order valence-electron chi connectivity index (χ4n) is 3.24. The highest BCUT2D eigenvalue weighted by atomic mass is 32.1. The molecular formula is C21H28N4O2S. The van der Waals surface area contributed by atoms with Crippen LogP contribution in [0.1, 0.15) is 31.6 Å². The number of piperidine rings is 1. The third-order valence-corrected chi connectivity index (χ3v) is 5.70. The number of anilines is 2. The lowest BCUT2D eigenvalue weighted by Gasteiger charge is -2.32. The van der Waals surface area contributed by atoms with E-state index in [0.717, 1.165) is 43.2 Å². The van der Waals surface area contributed by atoms with Crippen molar-refractivity contribution in [3.8, 4) is 0 Å². The van der Waals surface area contributed by atoms with Crippen LogP contribution in [0.5, 0.6) is 0 Å². The number of rotatable bonds is 7. The number of amides is 2. The second kappa shape index (κ2) is 9.68. The van der Waals surface area contributed by atoms with Gasteiger partial charge in [0, 0.05) is 30.4 Å². The number of pyridine rings is 1. The van der Waals surface area contributed by atoms with Gasteiger partial charge in [-0.2, -0.15) is 0 Å². The first-order valence-corrected chi connectivity index (χ1v) is 10.7. The molecule has 1 aliphatic heterocycles. The summed E-state index contributed by atoms with van der Waals surface area (Å²) in [6, 6.07) is 7.72.